The van der Waals surface area contributed by atoms with Crippen molar-refractivity contribution in [3.05, 3.63) is 0 Å². The Bertz CT molecular complexity index is 210. The Kier molecular flexibility index (Phi) is 6.41. The molecule has 4 heteroatoms. The Morgan fingerprint density at radius 2 is 2.24 bits per heavy atom. The van der Waals surface area contributed by atoms with Gasteiger partial charge in [-0.05, 0) is 19.9 Å². The molecule has 0 aromatic carbocycles. The van der Waals surface area contributed by atoms with Crippen molar-refractivity contribution >= 4 is 0 Å². The van der Waals surface area contributed by atoms with Crippen molar-refractivity contribution in [1.82, 2.24) is 10.2 Å². The molecule has 0 amide bonds. The van der Waals surface area contributed by atoms with Gasteiger partial charge in [0, 0.05) is 26.2 Å². The van der Waals surface area contributed by atoms with E-state index < -0.39 is 5.60 Å². The van der Waals surface area contributed by atoms with Crippen LogP contribution in [0.1, 0.15) is 33.6 Å². The molecule has 0 aromatic rings. The summed E-state index contributed by atoms with van der Waals surface area (Å²) in [6.45, 7) is 11.6. The van der Waals surface area contributed by atoms with E-state index in [2.05, 4.69) is 24.1 Å². The number of nitrogens with one attached hydrogen (secondary N) is 1. The van der Waals surface area contributed by atoms with Gasteiger partial charge in [-0.2, -0.15) is 0 Å². The minimum absolute atomic E-state index is 0.265. The molecule has 0 spiro atoms. The summed E-state index contributed by atoms with van der Waals surface area (Å²) in [6.07, 6.45) is 2.12. The van der Waals surface area contributed by atoms with Crippen LogP contribution in [0.5, 0.6) is 0 Å². The second kappa shape index (κ2) is 7.31. The molecule has 0 radical (unpaired) electrons. The van der Waals surface area contributed by atoms with Crippen LogP contribution in [0.3, 0.4) is 0 Å². The third-order valence-corrected chi connectivity index (χ3v) is 3.34. The molecule has 1 aliphatic heterocycles. The number of nitrogens with zero attached hydrogens (tertiary/aromatic N) is 1. The summed E-state index contributed by atoms with van der Waals surface area (Å²) in [6, 6.07) is 0. The average Bonchev–Trinajstić information content (AvgIpc) is 2.29. The van der Waals surface area contributed by atoms with Gasteiger partial charge in [0.15, 0.2) is 0 Å². The molecule has 1 saturated heterocycles. The Hall–Kier alpha value is -0.160. The summed E-state index contributed by atoms with van der Waals surface area (Å²) in [5, 5.41) is 13.4. The molecule has 17 heavy (non-hydrogen) atoms. The zero-order valence-corrected chi connectivity index (χ0v) is 11.5. The molecule has 2 N–H and O–H groups in total. The summed E-state index contributed by atoms with van der Waals surface area (Å²) >= 11 is 0. The predicted octanol–water partition coefficient (Wildman–Crippen LogP) is 0.848. The van der Waals surface area contributed by atoms with Crippen molar-refractivity contribution in [2.45, 2.75) is 45.3 Å². The average molecular weight is 244 g/mol. The van der Waals surface area contributed by atoms with E-state index in [1.54, 1.807) is 0 Å². The van der Waals surface area contributed by atoms with Gasteiger partial charge in [-0.25, -0.2) is 0 Å². The highest BCUT2D eigenvalue weighted by Crippen LogP contribution is 2.10. The fourth-order valence-electron chi connectivity index (χ4n) is 2.32. The van der Waals surface area contributed by atoms with Crippen LogP contribution in [0.2, 0.25) is 0 Å². The van der Waals surface area contributed by atoms with Crippen LogP contribution in [-0.4, -0.2) is 61.0 Å². The van der Waals surface area contributed by atoms with Crippen LogP contribution in [0.4, 0.5) is 0 Å². The lowest BCUT2D eigenvalue weighted by molar-refractivity contribution is -0.0288. The monoisotopic (exact) mass is 244 g/mol. The number of likely N-dealkylation sites (N-methyl/N-ethyl adjacent to an activating group) is 1. The number of hydrogen-bond acceptors (Lipinski definition) is 4. The van der Waals surface area contributed by atoms with Gasteiger partial charge in [0.1, 0.15) is 0 Å². The van der Waals surface area contributed by atoms with Crippen LogP contribution in [0, 0.1) is 0 Å². The molecule has 2 atom stereocenters. The smallest absolute Gasteiger partial charge is 0.0826 e. The number of hydrogen-bond donors (Lipinski definition) is 2. The molecule has 1 aliphatic rings. The van der Waals surface area contributed by atoms with Gasteiger partial charge in [-0.1, -0.05) is 20.3 Å². The summed E-state index contributed by atoms with van der Waals surface area (Å²) in [4.78, 5) is 2.40. The van der Waals surface area contributed by atoms with E-state index >= 15 is 0 Å². The summed E-state index contributed by atoms with van der Waals surface area (Å²) in [5.41, 5.74) is -0.589. The van der Waals surface area contributed by atoms with E-state index in [0.717, 1.165) is 45.6 Å². The van der Waals surface area contributed by atoms with Gasteiger partial charge < -0.3 is 15.2 Å². The molecule has 102 valence electrons. The lowest BCUT2D eigenvalue weighted by Crippen LogP contribution is -2.48. The van der Waals surface area contributed by atoms with Crippen molar-refractivity contribution < 1.29 is 9.84 Å². The highest BCUT2D eigenvalue weighted by molar-refractivity contribution is 4.78. The first-order valence-electron chi connectivity index (χ1n) is 6.84. The Morgan fingerprint density at radius 1 is 1.47 bits per heavy atom. The molecule has 2 unspecified atom stereocenters. The minimum Gasteiger partial charge on any atom is -0.389 e. The molecule has 1 rings (SSSR count). The van der Waals surface area contributed by atoms with Crippen LogP contribution in [0.25, 0.3) is 0 Å². The molecule has 0 aromatic heterocycles. The maximum atomic E-state index is 10.0. The first-order chi connectivity index (χ1) is 8.07. The summed E-state index contributed by atoms with van der Waals surface area (Å²) in [5.74, 6) is 0. The van der Waals surface area contributed by atoms with Gasteiger partial charge >= 0.3 is 0 Å². The maximum absolute atomic E-state index is 10.0. The van der Waals surface area contributed by atoms with Gasteiger partial charge in [-0.15, -0.1) is 0 Å². The van der Waals surface area contributed by atoms with Gasteiger partial charge in [0.25, 0.3) is 0 Å². The number of rotatable bonds is 7. The second-order valence-electron chi connectivity index (χ2n) is 5.26. The molecule has 1 fully saturated rings. The Balaban J connectivity index is 2.17. The number of aliphatic hydroxyl groups is 1. The molecule has 0 bridgehead atoms. The van der Waals surface area contributed by atoms with Gasteiger partial charge in [0.05, 0.1) is 18.3 Å². The standard InChI is InChI=1S/C13H28N2O2/c1-4-6-13(3,16)11-14-9-12-10-15(5-2)7-8-17-12/h12,14,16H,4-11H2,1-3H3. The first-order valence-corrected chi connectivity index (χ1v) is 6.84. The molecule has 1 heterocycles. The Morgan fingerprint density at radius 3 is 2.88 bits per heavy atom. The second-order valence-corrected chi connectivity index (χ2v) is 5.26. The van der Waals surface area contributed by atoms with Gasteiger partial charge in [-0.3, -0.25) is 4.90 Å². The molecular weight excluding hydrogens is 216 g/mol. The first kappa shape index (κ1) is 14.9. The van der Waals surface area contributed by atoms with E-state index in [4.69, 9.17) is 4.74 Å². The van der Waals surface area contributed by atoms with Crippen molar-refractivity contribution in [1.29, 1.82) is 0 Å². The largest absolute Gasteiger partial charge is 0.389 e. The Labute approximate surface area is 105 Å². The van der Waals surface area contributed by atoms with Crippen LogP contribution in [-0.2, 0) is 4.74 Å². The highest BCUT2D eigenvalue weighted by Gasteiger charge is 2.22. The fraction of sp³-hybridized carbons (Fsp3) is 1.00. The lowest BCUT2D eigenvalue weighted by Gasteiger charge is -2.33. The molecule has 0 aliphatic carbocycles. The molecule has 0 saturated carbocycles. The van der Waals surface area contributed by atoms with Crippen molar-refractivity contribution in [2.24, 2.45) is 0 Å². The van der Waals surface area contributed by atoms with E-state index in [1.807, 2.05) is 6.92 Å². The maximum Gasteiger partial charge on any atom is 0.0826 e. The number of morpholine rings is 1. The normalized spacial score (nSPS) is 25.8. The molecular formula is C13H28N2O2. The van der Waals surface area contributed by atoms with Gasteiger partial charge in [0.2, 0.25) is 0 Å². The zero-order chi connectivity index (χ0) is 12.7. The quantitative estimate of drug-likeness (QED) is 0.697. The number of ether oxygens (including phenoxy) is 1. The van der Waals surface area contributed by atoms with Crippen molar-refractivity contribution in [3.8, 4) is 0 Å². The van der Waals surface area contributed by atoms with Crippen molar-refractivity contribution in [3.63, 3.8) is 0 Å². The molecule has 4 nitrogen and oxygen atoms in total. The van der Waals surface area contributed by atoms with Crippen LogP contribution in [0.15, 0.2) is 0 Å². The van der Waals surface area contributed by atoms with Crippen LogP contribution < -0.4 is 5.32 Å². The van der Waals surface area contributed by atoms with E-state index in [-0.39, 0.29) is 6.10 Å². The fourth-order valence-corrected chi connectivity index (χ4v) is 2.32. The van der Waals surface area contributed by atoms with E-state index in [0.29, 0.717) is 6.54 Å². The van der Waals surface area contributed by atoms with Crippen molar-refractivity contribution in [2.75, 3.05) is 39.3 Å². The predicted molar refractivity (Wildman–Crippen MR) is 70.3 cm³/mol. The van der Waals surface area contributed by atoms with Crippen LogP contribution >= 0.6 is 0 Å². The topological polar surface area (TPSA) is 44.7 Å². The summed E-state index contributed by atoms with van der Waals surface area (Å²) in [7, 11) is 0. The third-order valence-electron chi connectivity index (χ3n) is 3.34. The lowest BCUT2D eigenvalue weighted by atomic mass is 10.0. The zero-order valence-electron chi connectivity index (χ0n) is 11.5. The SMILES string of the molecule is CCCC(C)(O)CNCC1CN(CC)CCO1. The summed E-state index contributed by atoms with van der Waals surface area (Å²) < 4.78 is 5.70. The van der Waals surface area contributed by atoms with E-state index in [1.165, 1.54) is 0 Å². The highest BCUT2D eigenvalue weighted by atomic mass is 16.5. The third kappa shape index (κ3) is 5.82. The van der Waals surface area contributed by atoms with E-state index in [9.17, 15) is 5.11 Å². The minimum atomic E-state index is -0.589.